The van der Waals surface area contributed by atoms with E-state index in [-0.39, 0.29) is 0 Å². The van der Waals surface area contributed by atoms with Crippen molar-refractivity contribution in [1.82, 2.24) is 0 Å². The van der Waals surface area contributed by atoms with Crippen LogP contribution >= 0.6 is 0 Å². The lowest BCUT2D eigenvalue weighted by Crippen LogP contribution is -1.96. The predicted octanol–water partition coefficient (Wildman–Crippen LogP) is 14.2. The number of rotatable bonds is 18. The Morgan fingerprint density at radius 1 is 0.304 bits per heavy atom. The number of unbranched alkanes of at least 4 members (excludes halogenated alkanes) is 10. The van der Waals surface area contributed by atoms with E-state index in [0.29, 0.717) is 0 Å². The molecule has 5 aromatic carbocycles. The minimum Gasteiger partial charge on any atom is -0.0654 e. The van der Waals surface area contributed by atoms with Crippen molar-refractivity contribution in [3.8, 4) is 44.5 Å². The maximum absolute atomic E-state index is 2.37. The van der Waals surface area contributed by atoms with Gasteiger partial charge in [0.2, 0.25) is 0 Å². The quantitative estimate of drug-likeness (QED) is 0.0870. The van der Waals surface area contributed by atoms with Gasteiger partial charge in [0.25, 0.3) is 0 Å². The first-order chi connectivity index (χ1) is 22.8. The van der Waals surface area contributed by atoms with Crippen molar-refractivity contribution in [3.05, 3.63) is 132 Å². The maximum Gasteiger partial charge on any atom is -0.00206 e. The number of aryl methyl sites for hydroxylation is 2. The Labute approximate surface area is 279 Å². The Morgan fingerprint density at radius 3 is 1.02 bits per heavy atom. The molecule has 0 aliphatic carbocycles. The molecule has 0 aliphatic heterocycles. The van der Waals surface area contributed by atoms with Gasteiger partial charge in [0.05, 0.1) is 0 Å². The van der Waals surface area contributed by atoms with Crippen molar-refractivity contribution >= 4 is 0 Å². The molecule has 0 N–H and O–H groups in total. The van der Waals surface area contributed by atoms with Crippen molar-refractivity contribution in [1.29, 1.82) is 0 Å². The Hall–Kier alpha value is -3.90. The summed E-state index contributed by atoms with van der Waals surface area (Å²) in [4.78, 5) is 0. The Balaban J connectivity index is 1.51. The third-order valence-corrected chi connectivity index (χ3v) is 9.50. The molecule has 0 heterocycles. The second kappa shape index (κ2) is 18.3. The minimum atomic E-state index is 1.16. The summed E-state index contributed by atoms with van der Waals surface area (Å²) in [6, 6.07) is 45.5. The van der Waals surface area contributed by atoms with E-state index in [1.54, 1.807) is 0 Å². The van der Waals surface area contributed by atoms with Gasteiger partial charge in [-0.1, -0.05) is 199 Å². The summed E-state index contributed by atoms with van der Waals surface area (Å²) in [5.41, 5.74) is 13.2. The molecule has 5 aromatic rings. The van der Waals surface area contributed by atoms with E-state index in [1.165, 1.54) is 133 Å². The largest absolute Gasteiger partial charge is 0.0654 e. The molecule has 46 heavy (non-hydrogen) atoms. The van der Waals surface area contributed by atoms with Crippen LogP contribution < -0.4 is 0 Å². The molecular weight excluding hydrogens is 553 g/mol. The van der Waals surface area contributed by atoms with Gasteiger partial charge >= 0.3 is 0 Å². The van der Waals surface area contributed by atoms with Crippen molar-refractivity contribution in [2.24, 2.45) is 0 Å². The third-order valence-electron chi connectivity index (χ3n) is 9.50. The first kappa shape index (κ1) is 33.5. The van der Waals surface area contributed by atoms with Crippen LogP contribution in [0.5, 0.6) is 0 Å². The average Bonchev–Trinajstić information content (AvgIpc) is 3.12. The highest BCUT2D eigenvalue weighted by molar-refractivity contribution is 6.01. The van der Waals surface area contributed by atoms with Crippen molar-refractivity contribution in [2.75, 3.05) is 0 Å². The summed E-state index contributed by atoms with van der Waals surface area (Å²) >= 11 is 0. The molecule has 0 saturated heterocycles. The molecule has 5 rings (SSSR count). The molecule has 238 valence electrons. The zero-order valence-corrected chi connectivity index (χ0v) is 28.4. The summed E-state index contributed by atoms with van der Waals surface area (Å²) in [6.45, 7) is 4.58. The molecule has 0 heteroatoms. The molecule has 0 atom stereocenters. The molecule has 0 bridgehead atoms. The van der Waals surface area contributed by atoms with Crippen LogP contribution in [0, 0.1) is 0 Å². The van der Waals surface area contributed by atoms with E-state index in [9.17, 15) is 0 Å². The molecule has 0 aromatic heterocycles. The van der Waals surface area contributed by atoms with E-state index >= 15 is 0 Å². The van der Waals surface area contributed by atoms with Crippen LogP contribution in [-0.2, 0) is 12.8 Å². The molecule has 0 nitrogen and oxygen atoms in total. The summed E-state index contributed by atoms with van der Waals surface area (Å²) < 4.78 is 0. The van der Waals surface area contributed by atoms with E-state index < -0.39 is 0 Å². The highest BCUT2D eigenvalue weighted by atomic mass is 14.2. The Kier molecular flexibility index (Phi) is 13.3. The zero-order valence-electron chi connectivity index (χ0n) is 28.4. The van der Waals surface area contributed by atoms with Crippen LogP contribution in [0.3, 0.4) is 0 Å². The molecular formula is C46H54. The summed E-state index contributed by atoms with van der Waals surface area (Å²) in [5.74, 6) is 0. The number of hydrogen-bond donors (Lipinski definition) is 0. The monoisotopic (exact) mass is 606 g/mol. The number of benzene rings is 5. The lowest BCUT2D eigenvalue weighted by atomic mass is 9.82. The first-order valence-corrected chi connectivity index (χ1v) is 18.2. The first-order valence-electron chi connectivity index (χ1n) is 18.2. The second-order valence-electron chi connectivity index (χ2n) is 13.1. The van der Waals surface area contributed by atoms with E-state index in [1.807, 2.05) is 0 Å². The van der Waals surface area contributed by atoms with Crippen LogP contribution in [0.1, 0.15) is 102 Å². The fraction of sp³-hybridized carbons (Fsp3) is 0.348. The van der Waals surface area contributed by atoms with Crippen LogP contribution in [0.15, 0.2) is 121 Å². The SMILES string of the molecule is CCCCCCCCc1ccc(-c2c(-c3ccccc3)ccc(-c3ccccc3)c2-c2ccc(CCCCCCCC)cc2)cc1. The van der Waals surface area contributed by atoms with Gasteiger partial charge < -0.3 is 0 Å². The highest BCUT2D eigenvalue weighted by Gasteiger charge is 2.19. The van der Waals surface area contributed by atoms with E-state index in [4.69, 9.17) is 0 Å². The van der Waals surface area contributed by atoms with Gasteiger partial charge in [0, 0.05) is 0 Å². The van der Waals surface area contributed by atoms with Gasteiger partial charge in [0.1, 0.15) is 0 Å². The van der Waals surface area contributed by atoms with Gasteiger partial charge in [-0.25, -0.2) is 0 Å². The van der Waals surface area contributed by atoms with Gasteiger partial charge in [0.15, 0.2) is 0 Å². The summed E-state index contributed by atoms with van der Waals surface area (Å²) in [5, 5.41) is 0. The van der Waals surface area contributed by atoms with Gasteiger partial charge in [-0.05, 0) is 81.3 Å². The molecule has 0 radical (unpaired) electrons. The van der Waals surface area contributed by atoms with Crippen molar-refractivity contribution in [2.45, 2.75) is 104 Å². The highest BCUT2D eigenvalue weighted by Crippen LogP contribution is 2.45. The lowest BCUT2D eigenvalue weighted by Gasteiger charge is -2.21. The van der Waals surface area contributed by atoms with Gasteiger partial charge in [-0.2, -0.15) is 0 Å². The standard InChI is InChI=1S/C46H54/c1-3-5-7-9-11-15-21-37-27-31-41(32-28-37)45-43(39-23-17-13-18-24-39)35-36-44(40-25-19-14-20-26-40)46(45)42-33-29-38(30-34-42)22-16-12-10-8-6-4-2/h13-14,17-20,23-36H,3-12,15-16,21-22H2,1-2H3. The molecule has 0 aliphatic rings. The summed E-state index contributed by atoms with van der Waals surface area (Å²) in [6.07, 6.45) is 18.4. The fourth-order valence-corrected chi connectivity index (χ4v) is 6.81. The average molecular weight is 607 g/mol. The third kappa shape index (κ3) is 9.32. The van der Waals surface area contributed by atoms with E-state index in [0.717, 1.165) is 12.8 Å². The van der Waals surface area contributed by atoms with Crippen LogP contribution in [-0.4, -0.2) is 0 Å². The Bertz CT molecular complexity index is 1440. The fourth-order valence-electron chi connectivity index (χ4n) is 6.81. The predicted molar refractivity (Wildman–Crippen MR) is 202 cm³/mol. The smallest absolute Gasteiger partial charge is 0.00206 e. The minimum absolute atomic E-state index is 1.16. The van der Waals surface area contributed by atoms with Crippen LogP contribution in [0.25, 0.3) is 44.5 Å². The molecule has 0 spiro atoms. The maximum atomic E-state index is 2.37. The molecule has 0 amide bonds. The van der Waals surface area contributed by atoms with Gasteiger partial charge in [-0.15, -0.1) is 0 Å². The summed E-state index contributed by atoms with van der Waals surface area (Å²) in [7, 11) is 0. The molecule has 0 unspecified atom stereocenters. The number of hydrogen-bond acceptors (Lipinski definition) is 0. The van der Waals surface area contributed by atoms with Crippen molar-refractivity contribution in [3.63, 3.8) is 0 Å². The van der Waals surface area contributed by atoms with Crippen LogP contribution in [0.2, 0.25) is 0 Å². The lowest BCUT2D eigenvalue weighted by molar-refractivity contribution is 0.607. The van der Waals surface area contributed by atoms with Crippen molar-refractivity contribution < 1.29 is 0 Å². The normalized spacial score (nSPS) is 11.2. The van der Waals surface area contributed by atoms with Crippen LogP contribution in [0.4, 0.5) is 0 Å². The molecule has 0 saturated carbocycles. The molecule has 0 fully saturated rings. The van der Waals surface area contributed by atoms with E-state index in [2.05, 4.69) is 135 Å². The second-order valence-corrected chi connectivity index (χ2v) is 13.1. The Morgan fingerprint density at radius 2 is 0.652 bits per heavy atom. The van der Waals surface area contributed by atoms with Gasteiger partial charge in [-0.3, -0.25) is 0 Å². The zero-order chi connectivity index (χ0) is 31.8. The topological polar surface area (TPSA) is 0 Å².